The van der Waals surface area contributed by atoms with Crippen molar-refractivity contribution in [2.45, 2.75) is 12.3 Å². The second-order valence-corrected chi connectivity index (χ2v) is 3.22. The quantitative estimate of drug-likeness (QED) is 0.791. The van der Waals surface area contributed by atoms with Gasteiger partial charge in [0, 0.05) is 0 Å². The van der Waals surface area contributed by atoms with Gasteiger partial charge in [-0.15, -0.1) is 0 Å². The van der Waals surface area contributed by atoms with Crippen LogP contribution in [0.2, 0.25) is 0 Å². The zero-order valence-corrected chi connectivity index (χ0v) is 8.64. The van der Waals surface area contributed by atoms with Crippen LogP contribution in [0.5, 0.6) is 0 Å². The van der Waals surface area contributed by atoms with Crippen LogP contribution in [0, 0.1) is 5.82 Å². The van der Waals surface area contributed by atoms with Gasteiger partial charge < -0.3 is 9.84 Å². The summed E-state index contributed by atoms with van der Waals surface area (Å²) in [5.74, 6) is -3.22. The SMILES string of the molecule is COC(=O)C[C@@H](C(=O)O)c1ccc(F)cc1. The summed E-state index contributed by atoms with van der Waals surface area (Å²) in [5, 5.41) is 8.94. The number of benzene rings is 1. The fourth-order valence-corrected chi connectivity index (χ4v) is 1.29. The Morgan fingerprint density at radius 1 is 1.38 bits per heavy atom. The van der Waals surface area contributed by atoms with Crippen molar-refractivity contribution in [3.05, 3.63) is 35.6 Å². The minimum absolute atomic E-state index is 0.266. The molecule has 1 aromatic rings. The molecule has 0 bridgehead atoms. The van der Waals surface area contributed by atoms with Gasteiger partial charge in [-0.1, -0.05) is 12.1 Å². The molecule has 0 aliphatic heterocycles. The number of carbonyl (C=O) groups is 2. The molecule has 16 heavy (non-hydrogen) atoms. The van der Waals surface area contributed by atoms with Crippen molar-refractivity contribution in [1.82, 2.24) is 0 Å². The number of carboxylic acid groups (broad SMARTS) is 1. The van der Waals surface area contributed by atoms with E-state index in [0.29, 0.717) is 5.56 Å². The summed E-state index contributed by atoms with van der Waals surface area (Å²) in [6.07, 6.45) is -0.266. The molecule has 0 aliphatic carbocycles. The molecule has 1 rings (SSSR count). The predicted octanol–water partition coefficient (Wildman–Crippen LogP) is 1.56. The lowest BCUT2D eigenvalue weighted by Crippen LogP contribution is -2.17. The molecule has 0 fully saturated rings. The first-order valence-electron chi connectivity index (χ1n) is 4.59. The monoisotopic (exact) mass is 226 g/mol. The summed E-state index contributed by atoms with van der Waals surface area (Å²) < 4.78 is 17.0. The van der Waals surface area contributed by atoms with Crippen LogP contribution in [0.1, 0.15) is 17.9 Å². The smallest absolute Gasteiger partial charge is 0.311 e. The molecule has 0 heterocycles. The lowest BCUT2D eigenvalue weighted by Gasteiger charge is -2.10. The summed E-state index contributed by atoms with van der Waals surface area (Å²) in [4.78, 5) is 21.9. The summed E-state index contributed by atoms with van der Waals surface area (Å²) >= 11 is 0. The molecule has 0 aromatic heterocycles. The van der Waals surface area contributed by atoms with Gasteiger partial charge in [-0.2, -0.15) is 0 Å². The van der Waals surface area contributed by atoms with E-state index in [1.54, 1.807) is 0 Å². The van der Waals surface area contributed by atoms with Crippen LogP contribution >= 0.6 is 0 Å². The lowest BCUT2D eigenvalue weighted by molar-refractivity contribution is -0.147. The van der Waals surface area contributed by atoms with Crippen molar-refractivity contribution in [2.75, 3.05) is 7.11 Å². The van der Waals surface area contributed by atoms with E-state index in [0.717, 1.165) is 12.1 Å². The summed E-state index contributed by atoms with van der Waals surface area (Å²) in [6, 6.07) is 5.00. The standard InChI is InChI=1S/C11H11FO4/c1-16-10(13)6-9(11(14)15)7-2-4-8(12)5-3-7/h2-5,9H,6H2,1H3,(H,14,15)/t9-/m1/s1. The highest BCUT2D eigenvalue weighted by Crippen LogP contribution is 2.20. The number of ether oxygens (including phenoxy) is 1. The van der Waals surface area contributed by atoms with E-state index < -0.39 is 23.7 Å². The Bertz CT molecular complexity index is 385. The first kappa shape index (κ1) is 12.2. The molecule has 5 heteroatoms. The second-order valence-electron chi connectivity index (χ2n) is 3.22. The van der Waals surface area contributed by atoms with Gasteiger partial charge in [-0.05, 0) is 17.7 Å². The van der Waals surface area contributed by atoms with Crippen molar-refractivity contribution in [2.24, 2.45) is 0 Å². The Morgan fingerprint density at radius 3 is 2.38 bits per heavy atom. The molecule has 4 nitrogen and oxygen atoms in total. The van der Waals surface area contributed by atoms with Crippen LogP contribution in [0.4, 0.5) is 4.39 Å². The summed E-state index contributed by atoms with van der Waals surface area (Å²) in [6.45, 7) is 0. The maximum atomic E-state index is 12.6. The maximum absolute atomic E-state index is 12.6. The largest absolute Gasteiger partial charge is 0.481 e. The Kier molecular flexibility index (Phi) is 3.99. The first-order valence-corrected chi connectivity index (χ1v) is 4.59. The normalized spacial score (nSPS) is 11.9. The fraction of sp³-hybridized carbons (Fsp3) is 0.273. The van der Waals surface area contributed by atoms with Crippen LogP contribution in [0.15, 0.2) is 24.3 Å². The van der Waals surface area contributed by atoms with Gasteiger partial charge in [0.15, 0.2) is 0 Å². The van der Waals surface area contributed by atoms with Crippen LogP contribution in [-0.4, -0.2) is 24.2 Å². The van der Waals surface area contributed by atoms with Crippen molar-refractivity contribution < 1.29 is 23.8 Å². The van der Waals surface area contributed by atoms with Crippen molar-refractivity contribution in [3.8, 4) is 0 Å². The van der Waals surface area contributed by atoms with Crippen molar-refractivity contribution in [3.63, 3.8) is 0 Å². The third-order valence-corrected chi connectivity index (χ3v) is 2.17. The lowest BCUT2D eigenvalue weighted by atomic mass is 9.96. The molecule has 0 unspecified atom stereocenters. The van der Waals surface area contributed by atoms with Gasteiger partial charge in [0.25, 0.3) is 0 Å². The molecular formula is C11H11FO4. The average Bonchev–Trinajstić information content (AvgIpc) is 2.26. The molecule has 0 saturated carbocycles. The van der Waals surface area contributed by atoms with E-state index in [2.05, 4.69) is 4.74 Å². The molecule has 1 atom stereocenters. The van der Waals surface area contributed by atoms with E-state index in [1.807, 2.05) is 0 Å². The zero-order chi connectivity index (χ0) is 12.1. The van der Waals surface area contributed by atoms with Gasteiger partial charge in [0.2, 0.25) is 0 Å². The zero-order valence-electron chi connectivity index (χ0n) is 8.64. The number of rotatable bonds is 4. The highest BCUT2D eigenvalue weighted by atomic mass is 19.1. The number of esters is 1. The number of hydrogen-bond acceptors (Lipinski definition) is 3. The second kappa shape index (κ2) is 5.25. The summed E-state index contributed by atoms with van der Waals surface area (Å²) in [5.41, 5.74) is 0.374. The van der Waals surface area contributed by atoms with Gasteiger partial charge in [-0.25, -0.2) is 4.39 Å². The molecule has 86 valence electrons. The third kappa shape index (κ3) is 3.05. The predicted molar refractivity (Wildman–Crippen MR) is 53.4 cm³/mol. The number of carbonyl (C=O) groups excluding carboxylic acids is 1. The molecule has 1 aromatic carbocycles. The van der Waals surface area contributed by atoms with E-state index >= 15 is 0 Å². The molecule has 0 aliphatic rings. The number of halogens is 1. The Balaban J connectivity index is 2.89. The highest BCUT2D eigenvalue weighted by molar-refractivity contribution is 5.83. The minimum Gasteiger partial charge on any atom is -0.481 e. The van der Waals surface area contributed by atoms with E-state index in [-0.39, 0.29) is 6.42 Å². The topological polar surface area (TPSA) is 63.6 Å². The Labute approximate surface area is 91.7 Å². The molecule has 0 amide bonds. The third-order valence-electron chi connectivity index (χ3n) is 2.17. The number of hydrogen-bond donors (Lipinski definition) is 1. The Morgan fingerprint density at radius 2 is 1.94 bits per heavy atom. The van der Waals surface area contributed by atoms with Crippen molar-refractivity contribution >= 4 is 11.9 Å². The number of aliphatic carboxylic acids is 1. The fourth-order valence-electron chi connectivity index (χ4n) is 1.29. The molecule has 1 N–H and O–H groups in total. The van der Waals surface area contributed by atoms with Crippen molar-refractivity contribution in [1.29, 1.82) is 0 Å². The molecule has 0 radical (unpaired) electrons. The van der Waals surface area contributed by atoms with Crippen LogP contribution in [0.3, 0.4) is 0 Å². The first-order chi connectivity index (χ1) is 7.54. The van der Waals surface area contributed by atoms with Gasteiger partial charge in [0.1, 0.15) is 5.82 Å². The molecule has 0 saturated heterocycles. The number of carboxylic acids is 1. The molecular weight excluding hydrogens is 215 g/mol. The van der Waals surface area contributed by atoms with Gasteiger partial charge in [0.05, 0.1) is 19.4 Å². The van der Waals surface area contributed by atoms with Gasteiger partial charge in [-0.3, -0.25) is 9.59 Å². The van der Waals surface area contributed by atoms with Crippen LogP contribution in [0.25, 0.3) is 0 Å². The van der Waals surface area contributed by atoms with Crippen LogP contribution < -0.4 is 0 Å². The van der Waals surface area contributed by atoms with Gasteiger partial charge >= 0.3 is 11.9 Å². The van der Waals surface area contributed by atoms with E-state index in [9.17, 15) is 14.0 Å². The molecule has 0 spiro atoms. The average molecular weight is 226 g/mol. The Hall–Kier alpha value is -1.91. The van der Waals surface area contributed by atoms with E-state index in [4.69, 9.17) is 5.11 Å². The van der Waals surface area contributed by atoms with E-state index in [1.165, 1.54) is 19.2 Å². The summed E-state index contributed by atoms with van der Waals surface area (Å²) in [7, 11) is 1.19. The maximum Gasteiger partial charge on any atom is 0.311 e. The minimum atomic E-state index is -1.14. The van der Waals surface area contributed by atoms with Crippen LogP contribution in [-0.2, 0) is 14.3 Å². The highest BCUT2D eigenvalue weighted by Gasteiger charge is 2.23. The number of methoxy groups -OCH3 is 1.